The molecule has 1 atom stereocenters. The number of hydrogen-bond acceptors (Lipinski definition) is 5. The molecule has 112 valence electrons. The smallest absolute Gasteiger partial charge is 0.0949 e. The quantitative estimate of drug-likeness (QED) is 0.767. The zero-order chi connectivity index (χ0) is 13.8. The SMILES string of the molecule is Cn1cnc2c1C(COCCN1CCOCC1)CNC2. The Labute approximate surface area is 120 Å². The van der Waals surface area contributed by atoms with Gasteiger partial charge in [-0.25, -0.2) is 4.98 Å². The van der Waals surface area contributed by atoms with Gasteiger partial charge in [0.2, 0.25) is 0 Å². The van der Waals surface area contributed by atoms with Crippen molar-refractivity contribution in [2.45, 2.75) is 12.5 Å². The molecule has 20 heavy (non-hydrogen) atoms. The molecule has 2 aliphatic rings. The van der Waals surface area contributed by atoms with E-state index < -0.39 is 0 Å². The van der Waals surface area contributed by atoms with E-state index in [0.717, 1.165) is 59.2 Å². The van der Waals surface area contributed by atoms with Crippen LogP contribution in [0.2, 0.25) is 0 Å². The number of morpholine rings is 1. The van der Waals surface area contributed by atoms with E-state index in [9.17, 15) is 0 Å². The van der Waals surface area contributed by atoms with Crippen LogP contribution in [0.4, 0.5) is 0 Å². The van der Waals surface area contributed by atoms with Crippen LogP contribution in [0, 0.1) is 0 Å². The molecule has 6 nitrogen and oxygen atoms in total. The monoisotopic (exact) mass is 280 g/mol. The molecule has 0 spiro atoms. The summed E-state index contributed by atoms with van der Waals surface area (Å²) in [7, 11) is 2.07. The normalized spacial score (nSPS) is 23.8. The van der Waals surface area contributed by atoms with Gasteiger partial charge in [-0.05, 0) is 0 Å². The summed E-state index contributed by atoms with van der Waals surface area (Å²) in [4.78, 5) is 6.83. The van der Waals surface area contributed by atoms with Gasteiger partial charge in [0.1, 0.15) is 0 Å². The number of hydrogen-bond donors (Lipinski definition) is 1. The molecular weight excluding hydrogens is 256 g/mol. The van der Waals surface area contributed by atoms with Crippen LogP contribution in [0.1, 0.15) is 17.3 Å². The molecule has 1 fully saturated rings. The minimum atomic E-state index is 0.413. The van der Waals surface area contributed by atoms with E-state index in [0.29, 0.717) is 5.92 Å². The Morgan fingerprint density at radius 3 is 3.15 bits per heavy atom. The molecule has 1 saturated heterocycles. The molecule has 0 saturated carbocycles. The van der Waals surface area contributed by atoms with Crippen molar-refractivity contribution in [3.8, 4) is 0 Å². The van der Waals surface area contributed by atoms with E-state index >= 15 is 0 Å². The Hall–Kier alpha value is -0.950. The van der Waals surface area contributed by atoms with Crippen LogP contribution in [-0.4, -0.2) is 67.1 Å². The highest BCUT2D eigenvalue weighted by atomic mass is 16.5. The van der Waals surface area contributed by atoms with Crippen molar-refractivity contribution in [2.24, 2.45) is 7.05 Å². The Balaban J connectivity index is 1.44. The van der Waals surface area contributed by atoms with Crippen LogP contribution in [-0.2, 0) is 23.1 Å². The number of ether oxygens (including phenoxy) is 2. The average Bonchev–Trinajstić information content (AvgIpc) is 2.87. The van der Waals surface area contributed by atoms with Crippen LogP contribution >= 0.6 is 0 Å². The molecular formula is C14H24N4O2. The lowest BCUT2D eigenvalue weighted by molar-refractivity contribution is 0.0183. The van der Waals surface area contributed by atoms with Gasteiger partial charge in [-0.1, -0.05) is 0 Å². The number of aryl methyl sites for hydroxylation is 1. The summed E-state index contributed by atoms with van der Waals surface area (Å²) in [6, 6.07) is 0. The molecule has 0 amide bonds. The molecule has 6 heteroatoms. The molecule has 0 radical (unpaired) electrons. The predicted octanol–water partition coefficient (Wildman–Crippen LogP) is -0.0443. The molecule has 0 aliphatic carbocycles. The second-order valence-electron chi connectivity index (χ2n) is 5.54. The standard InChI is InChI=1S/C14H24N4O2/c1-17-11-16-13-9-15-8-12(14(13)17)10-20-7-4-18-2-5-19-6-3-18/h11-12,15H,2-10H2,1H3. The molecule has 1 aromatic rings. The van der Waals surface area contributed by atoms with E-state index in [4.69, 9.17) is 9.47 Å². The lowest BCUT2D eigenvalue weighted by atomic mass is 10.0. The van der Waals surface area contributed by atoms with Crippen LogP contribution in [0.25, 0.3) is 0 Å². The van der Waals surface area contributed by atoms with E-state index in [2.05, 4.69) is 26.8 Å². The molecule has 1 aromatic heterocycles. The van der Waals surface area contributed by atoms with Crippen LogP contribution in [0.3, 0.4) is 0 Å². The van der Waals surface area contributed by atoms with Gasteiger partial charge in [-0.2, -0.15) is 0 Å². The van der Waals surface area contributed by atoms with Gasteiger partial charge in [0.15, 0.2) is 0 Å². The Kier molecular flexibility index (Phi) is 4.67. The number of fused-ring (bicyclic) bond motifs is 1. The predicted molar refractivity (Wildman–Crippen MR) is 75.7 cm³/mol. The zero-order valence-corrected chi connectivity index (χ0v) is 12.2. The van der Waals surface area contributed by atoms with Crippen molar-refractivity contribution in [1.82, 2.24) is 19.8 Å². The fraction of sp³-hybridized carbons (Fsp3) is 0.786. The van der Waals surface area contributed by atoms with Crippen molar-refractivity contribution >= 4 is 0 Å². The Morgan fingerprint density at radius 1 is 1.45 bits per heavy atom. The van der Waals surface area contributed by atoms with Crippen molar-refractivity contribution in [3.05, 3.63) is 17.7 Å². The van der Waals surface area contributed by atoms with E-state index in [1.54, 1.807) is 0 Å². The third kappa shape index (κ3) is 3.20. The van der Waals surface area contributed by atoms with Gasteiger partial charge in [0, 0.05) is 51.4 Å². The van der Waals surface area contributed by atoms with Gasteiger partial charge in [-0.3, -0.25) is 4.90 Å². The summed E-state index contributed by atoms with van der Waals surface area (Å²) in [5, 5.41) is 3.41. The maximum atomic E-state index is 5.89. The van der Waals surface area contributed by atoms with Gasteiger partial charge >= 0.3 is 0 Å². The first-order chi connectivity index (χ1) is 9.84. The molecule has 1 unspecified atom stereocenters. The Morgan fingerprint density at radius 2 is 2.30 bits per heavy atom. The largest absolute Gasteiger partial charge is 0.379 e. The van der Waals surface area contributed by atoms with Gasteiger partial charge < -0.3 is 19.4 Å². The molecule has 0 bridgehead atoms. The third-order valence-corrected chi connectivity index (χ3v) is 4.11. The number of imidazole rings is 1. The van der Waals surface area contributed by atoms with E-state index in [1.165, 1.54) is 11.4 Å². The minimum Gasteiger partial charge on any atom is -0.379 e. The summed E-state index contributed by atoms with van der Waals surface area (Å²) in [6.45, 7) is 8.18. The van der Waals surface area contributed by atoms with Crippen molar-refractivity contribution in [2.75, 3.05) is 52.6 Å². The third-order valence-electron chi connectivity index (χ3n) is 4.11. The number of nitrogens with one attached hydrogen (secondary N) is 1. The first-order valence-electron chi connectivity index (χ1n) is 7.43. The summed E-state index contributed by atoms with van der Waals surface area (Å²) >= 11 is 0. The van der Waals surface area contributed by atoms with E-state index in [-0.39, 0.29) is 0 Å². The molecule has 1 N–H and O–H groups in total. The number of nitrogens with zero attached hydrogens (tertiary/aromatic N) is 3. The Bertz CT molecular complexity index is 429. The van der Waals surface area contributed by atoms with Gasteiger partial charge in [-0.15, -0.1) is 0 Å². The van der Waals surface area contributed by atoms with E-state index in [1.807, 2.05) is 6.33 Å². The lowest BCUT2D eigenvalue weighted by Gasteiger charge is -2.27. The summed E-state index contributed by atoms with van der Waals surface area (Å²) in [5.41, 5.74) is 2.50. The fourth-order valence-electron chi connectivity index (χ4n) is 2.99. The number of aromatic nitrogens is 2. The highest BCUT2D eigenvalue weighted by molar-refractivity contribution is 5.21. The van der Waals surface area contributed by atoms with Crippen molar-refractivity contribution < 1.29 is 9.47 Å². The molecule has 2 aliphatic heterocycles. The van der Waals surface area contributed by atoms with Gasteiger partial charge in [0.25, 0.3) is 0 Å². The first-order valence-corrected chi connectivity index (χ1v) is 7.43. The molecule has 3 rings (SSSR count). The van der Waals surface area contributed by atoms with Crippen LogP contribution in [0.15, 0.2) is 6.33 Å². The zero-order valence-electron chi connectivity index (χ0n) is 12.2. The second-order valence-corrected chi connectivity index (χ2v) is 5.54. The first kappa shape index (κ1) is 14.0. The molecule has 0 aromatic carbocycles. The highest BCUT2D eigenvalue weighted by Gasteiger charge is 2.24. The summed E-state index contributed by atoms with van der Waals surface area (Å²) in [6.07, 6.45) is 1.90. The molecule has 3 heterocycles. The van der Waals surface area contributed by atoms with Crippen LogP contribution < -0.4 is 5.32 Å². The topological polar surface area (TPSA) is 51.5 Å². The number of rotatable bonds is 5. The van der Waals surface area contributed by atoms with Crippen molar-refractivity contribution in [1.29, 1.82) is 0 Å². The van der Waals surface area contributed by atoms with Crippen molar-refractivity contribution in [3.63, 3.8) is 0 Å². The van der Waals surface area contributed by atoms with Gasteiger partial charge in [0.05, 0.1) is 38.4 Å². The highest BCUT2D eigenvalue weighted by Crippen LogP contribution is 2.22. The summed E-state index contributed by atoms with van der Waals surface area (Å²) in [5.74, 6) is 0.413. The van der Waals surface area contributed by atoms with Crippen LogP contribution in [0.5, 0.6) is 0 Å². The lowest BCUT2D eigenvalue weighted by Crippen LogP contribution is -2.38. The fourth-order valence-corrected chi connectivity index (χ4v) is 2.99. The minimum absolute atomic E-state index is 0.413. The maximum Gasteiger partial charge on any atom is 0.0949 e. The second kappa shape index (κ2) is 6.67. The summed E-state index contributed by atoms with van der Waals surface area (Å²) < 4.78 is 13.4. The maximum absolute atomic E-state index is 5.89. The average molecular weight is 280 g/mol.